The molecular weight excluding hydrogens is 238 g/mol. The standard InChI is InChI=1S/C6H10O4.C4H7NO.Mg.2H/c1-2-3-4(5(7)8)6(9)10;1-3(2)4(5)6;;;/h4H,2-3H2,1H3,(H,7,8)(H,9,10);1H2,2H3,(H2,5,6);;;. The van der Waals surface area contributed by atoms with Gasteiger partial charge in [-0.1, -0.05) is 19.9 Å². The van der Waals surface area contributed by atoms with Gasteiger partial charge >= 0.3 is 35.0 Å². The number of aliphatic carboxylic acids is 2. The molecule has 0 aromatic heterocycles. The van der Waals surface area contributed by atoms with Gasteiger partial charge in [-0.05, 0) is 13.3 Å². The predicted molar refractivity (Wildman–Crippen MR) is 66.2 cm³/mol. The second kappa shape index (κ2) is 11.4. The molecule has 0 bridgehead atoms. The highest BCUT2D eigenvalue weighted by molar-refractivity contribution is 5.92. The molecule has 0 aliphatic carbocycles. The van der Waals surface area contributed by atoms with Crippen molar-refractivity contribution >= 4 is 40.9 Å². The van der Waals surface area contributed by atoms with Crippen molar-refractivity contribution in [3.8, 4) is 0 Å². The summed E-state index contributed by atoms with van der Waals surface area (Å²) in [5, 5.41) is 16.6. The third-order valence-corrected chi connectivity index (χ3v) is 1.59. The number of primary amides is 1. The first-order valence-electron chi connectivity index (χ1n) is 4.64. The molecule has 17 heavy (non-hydrogen) atoms. The van der Waals surface area contributed by atoms with Crippen molar-refractivity contribution in [2.75, 3.05) is 0 Å². The monoisotopic (exact) mass is 257 g/mol. The number of carboxylic acid groups (broad SMARTS) is 2. The summed E-state index contributed by atoms with van der Waals surface area (Å²) in [5.74, 6) is -4.18. The van der Waals surface area contributed by atoms with Crippen LogP contribution >= 0.6 is 0 Å². The molecule has 0 fully saturated rings. The van der Waals surface area contributed by atoms with E-state index >= 15 is 0 Å². The van der Waals surface area contributed by atoms with E-state index in [4.69, 9.17) is 15.9 Å². The maximum absolute atomic E-state index is 10.2. The first-order valence-corrected chi connectivity index (χ1v) is 4.64. The number of hydrogen-bond acceptors (Lipinski definition) is 3. The van der Waals surface area contributed by atoms with Crippen LogP contribution in [0.2, 0.25) is 0 Å². The molecule has 0 aromatic rings. The van der Waals surface area contributed by atoms with Crippen LogP contribution in [0.15, 0.2) is 12.2 Å². The quantitative estimate of drug-likeness (QED) is 0.355. The molecule has 0 radical (unpaired) electrons. The van der Waals surface area contributed by atoms with Crippen LogP contribution in [0, 0.1) is 5.92 Å². The molecule has 0 heterocycles. The van der Waals surface area contributed by atoms with Crippen molar-refractivity contribution in [1.29, 1.82) is 0 Å². The summed E-state index contributed by atoms with van der Waals surface area (Å²) in [6.45, 7) is 6.60. The Kier molecular flexibility index (Phi) is 14.2. The minimum atomic E-state index is -1.26. The maximum atomic E-state index is 10.2. The summed E-state index contributed by atoms with van der Waals surface area (Å²) in [6.07, 6.45) is 0.772. The lowest BCUT2D eigenvalue weighted by Gasteiger charge is -2.02. The molecule has 0 spiro atoms. The summed E-state index contributed by atoms with van der Waals surface area (Å²) in [6, 6.07) is 0. The van der Waals surface area contributed by atoms with E-state index in [1.807, 2.05) is 0 Å². The van der Waals surface area contributed by atoms with Gasteiger partial charge in [0.25, 0.3) is 0 Å². The largest absolute Gasteiger partial charge is 0.481 e. The molecular formula is C10H19MgNO5. The highest BCUT2D eigenvalue weighted by atomic mass is 24.3. The number of amides is 1. The molecule has 1 amide bonds. The second-order valence-electron chi connectivity index (χ2n) is 3.16. The Hall–Kier alpha value is -1.08. The molecule has 0 aliphatic heterocycles. The number of carbonyl (C=O) groups is 3. The van der Waals surface area contributed by atoms with Crippen LogP contribution in [0.5, 0.6) is 0 Å². The van der Waals surface area contributed by atoms with Crippen LogP contribution in [0.1, 0.15) is 26.7 Å². The van der Waals surface area contributed by atoms with Crippen LogP contribution in [-0.2, 0) is 14.4 Å². The molecule has 6 nitrogen and oxygen atoms in total. The van der Waals surface area contributed by atoms with E-state index in [0.717, 1.165) is 0 Å². The van der Waals surface area contributed by atoms with Crippen molar-refractivity contribution in [2.24, 2.45) is 11.7 Å². The summed E-state index contributed by atoms with van der Waals surface area (Å²) < 4.78 is 0. The smallest absolute Gasteiger partial charge is 0.317 e. The zero-order valence-electron chi connectivity index (χ0n) is 9.40. The van der Waals surface area contributed by atoms with Crippen LogP contribution in [0.4, 0.5) is 0 Å². The van der Waals surface area contributed by atoms with Gasteiger partial charge in [0.05, 0.1) is 0 Å². The highest BCUT2D eigenvalue weighted by Gasteiger charge is 2.23. The lowest BCUT2D eigenvalue weighted by atomic mass is 10.1. The van der Waals surface area contributed by atoms with Crippen LogP contribution in [-0.4, -0.2) is 51.1 Å². The fraction of sp³-hybridized carbons (Fsp3) is 0.500. The number of nitrogens with two attached hydrogens (primary N) is 1. The molecule has 4 N–H and O–H groups in total. The first kappa shape index (κ1) is 21.2. The van der Waals surface area contributed by atoms with E-state index < -0.39 is 23.8 Å². The van der Waals surface area contributed by atoms with Crippen molar-refractivity contribution in [3.63, 3.8) is 0 Å². The summed E-state index contributed by atoms with van der Waals surface area (Å²) >= 11 is 0. The zero-order valence-corrected chi connectivity index (χ0v) is 9.40. The number of carbonyl (C=O) groups excluding carboxylic acids is 1. The van der Waals surface area contributed by atoms with E-state index in [1.165, 1.54) is 0 Å². The minimum Gasteiger partial charge on any atom is -0.481 e. The van der Waals surface area contributed by atoms with Gasteiger partial charge in [0.15, 0.2) is 5.92 Å². The Bertz CT molecular complexity index is 264. The van der Waals surface area contributed by atoms with Crippen molar-refractivity contribution in [1.82, 2.24) is 0 Å². The predicted octanol–water partition coefficient (Wildman–Crippen LogP) is -0.296. The molecule has 0 saturated heterocycles. The summed E-state index contributed by atoms with van der Waals surface area (Å²) in [5.41, 5.74) is 5.09. The third-order valence-electron chi connectivity index (χ3n) is 1.59. The molecule has 0 rings (SSSR count). The summed E-state index contributed by atoms with van der Waals surface area (Å²) in [4.78, 5) is 30.1. The highest BCUT2D eigenvalue weighted by Crippen LogP contribution is 2.05. The fourth-order valence-electron chi connectivity index (χ4n) is 0.641. The topological polar surface area (TPSA) is 118 Å². The van der Waals surface area contributed by atoms with Gasteiger partial charge in [-0.3, -0.25) is 14.4 Å². The maximum Gasteiger partial charge on any atom is 0.317 e. The van der Waals surface area contributed by atoms with E-state index in [1.54, 1.807) is 13.8 Å². The van der Waals surface area contributed by atoms with Gasteiger partial charge in [-0.25, -0.2) is 0 Å². The van der Waals surface area contributed by atoms with Gasteiger partial charge in [-0.15, -0.1) is 0 Å². The SMILES string of the molecule is C=C(C)C(N)=O.CCCC(C(=O)O)C(=O)O.[MgH2]. The van der Waals surface area contributed by atoms with E-state index in [0.29, 0.717) is 12.0 Å². The summed E-state index contributed by atoms with van der Waals surface area (Å²) in [7, 11) is 0. The van der Waals surface area contributed by atoms with E-state index in [9.17, 15) is 14.4 Å². The fourth-order valence-corrected chi connectivity index (χ4v) is 0.641. The second-order valence-corrected chi connectivity index (χ2v) is 3.16. The van der Waals surface area contributed by atoms with E-state index in [-0.39, 0.29) is 29.5 Å². The number of rotatable bonds is 5. The normalized spacial score (nSPS) is 8.41. The van der Waals surface area contributed by atoms with Gasteiger partial charge < -0.3 is 15.9 Å². The van der Waals surface area contributed by atoms with Crippen molar-refractivity contribution in [2.45, 2.75) is 26.7 Å². The number of carboxylic acids is 2. The molecule has 96 valence electrons. The minimum absolute atomic E-state index is 0. The molecule has 7 heteroatoms. The lowest BCUT2D eigenvalue weighted by molar-refractivity contribution is -0.154. The van der Waals surface area contributed by atoms with Gasteiger partial charge in [0, 0.05) is 5.57 Å². The Morgan fingerprint density at radius 1 is 1.24 bits per heavy atom. The Balaban J connectivity index is -0.000000244. The zero-order chi connectivity index (χ0) is 13.3. The van der Waals surface area contributed by atoms with Crippen molar-refractivity contribution in [3.05, 3.63) is 12.2 Å². The molecule has 0 saturated carbocycles. The molecule has 0 unspecified atom stereocenters. The molecule has 0 aromatic carbocycles. The Morgan fingerprint density at radius 3 is 1.59 bits per heavy atom. The molecule has 0 aliphatic rings. The van der Waals surface area contributed by atoms with Crippen molar-refractivity contribution < 1.29 is 24.6 Å². The van der Waals surface area contributed by atoms with Gasteiger partial charge in [-0.2, -0.15) is 0 Å². The average molecular weight is 258 g/mol. The van der Waals surface area contributed by atoms with Gasteiger partial charge in [0.2, 0.25) is 5.91 Å². The Labute approximate surface area is 116 Å². The lowest BCUT2D eigenvalue weighted by Crippen LogP contribution is -2.22. The first-order chi connectivity index (χ1) is 7.23. The third kappa shape index (κ3) is 12.8. The van der Waals surface area contributed by atoms with Crippen LogP contribution in [0.3, 0.4) is 0 Å². The average Bonchev–Trinajstić information content (AvgIpc) is 2.13. The van der Waals surface area contributed by atoms with Gasteiger partial charge in [0.1, 0.15) is 0 Å². The Morgan fingerprint density at radius 2 is 1.53 bits per heavy atom. The van der Waals surface area contributed by atoms with Crippen LogP contribution in [0.25, 0.3) is 0 Å². The molecule has 0 atom stereocenters. The number of hydrogen-bond donors (Lipinski definition) is 3. The van der Waals surface area contributed by atoms with E-state index in [2.05, 4.69) is 6.58 Å². The van der Waals surface area contributed by atoms with Crippen LogP contribution < -0.4 is 5.73 Å².